The van der Waals surface area contributed by atoms with Crippen molar-refractivity contribution in [2.75, 3.05) is 13.2 Å². The number of hydrogen-bond donors (Lipinski definition) is 14. The molecule has 6 rings (SSSR count). The molecule has 3 fully saturated rings. The molecule has 4 heterocycles. The Kier molecular flexibility index (Phi) is 11.6. The van der Waals surface area contributed by atoms with E-state index in [2.05, 4.69) is 0 Å². The molecule has 6 unspecified atom stereocenters. The lowest BCUT2D eigenvalue weighted by Gasteiger charge is -2.45. The molecule has 1 aromatic heterocycles. The predicted molar refractivity (Wildman–Crippen MR) is 175 cm³/mol. The van der Waals surface area contributed by atoms with Crippen LogP contribution in [0.4, 0.5) is 0 Å². The Hall–Kier alpha value is -4.11. The van der Waals surface area contributed by atoms with Crippen LogP contribution in [0.3, 0.4) is 0 Å². The highest BCUT2D eigenvalue weighted by Gasteiger charge is 2.51. The second-order valence-electron chi connectivity index (χ2n) is 13.2. The second-order valence-corrected chi connectivity index (χ2v) is 13.2. The molecule has 0 spiro atoms. The highest BCUT2D eigenvalue weighted by molar-refractivity contribution is 5.88. The molecule has 22 nitrogen and oxygen atoms in total. The number of rotatable bonds is 9. The number of benzene rings is 2. The fraction of sp³-hybridized carbons (Fsp3) is 0.545. The lowest BCUT2D eigenvalue weighted by atomic mass is 9.97. The summed E-state index contributed by atoms with van der Waals surface area (Å²) in [6.45, 7) is -0.327. The Morgan fingerprint density at radius 1 is 0.618 bits per heavy atom. The smallest absolute Gasteiger partial charge is 0.239 e. The summed E-state index contributed by atoms with van der Waals surface area (Å²) in [6.07, 6.45) is -26.3. The van der Waals surface area contributed by atoms with Crippen LogP contribution in [-0.2, 0) is 18.9 Å². The topological polar surface area (TPSA) is 369 Å². The number of aromatic hydroxyl groups is 4. The lowest BCUT2D eigenvalue weighted by molar-refractivity contribution is -0.355. The molecule has 2 aromatic carbocycles. The fourth-order valence-corrected chi connectivity index (χ4v) is 6.35. The Labute approximate surface area is 307 Å². The van der Waals surface area contributed by atoms with Crippen molar-refractivity contribution in [2.45, 2.75) is 99.0 Å². The predicted octanol–water partition coefficient (Wildman–Crippen LogP) is -4.51. The van der Waals surface area contributed by atoms with E-state index in [-0.39, 0.29) is 11.3 Å². The van der Waals surface area contributed by atoms with E-state index >= 15 is 0 Å². The largest absolute Gasteiger partial charge is 0.507 e. The number of phenols is 4. The molecule has 0 aliphatic carbocycles. The first kappa shape index (κ1) is 40.6. The third-order valence-electron chi connectivity index (χ3n) is 9.50. The van der Waals surface area contributed by atoms with E-state index in [1.54, 1.807) is 0 Å². The molecular formula is C33H40O22. The number of fused-ring (bicyclic) bond motifs is 1. The van der Waals surface area contributed by atoms with Gasteiger partial charge in [-0.15, -0.1) is 0 Å². The van der Waals surface area contributed by atoms with E-state index in [1.807, 2.05) is 0 Å². The monoisotopic (exact) mass is 788 g/mol. The zero-order valence-electron chi connectivity index (χ0n) is 28.4. The van der Waals surface area contributed by atoms with Crippen molar-refractivity contribution < 1.29 is 104 Å². The molecule has 3 aliphatic heterocycles. The minimum atomic E-state index is -2.00. The molecule has 3 saturated heterocycles. The zero-order chi connectivity index (χ0) is 40.2. The van der Waals surface area contributed by atoms with Gasteiger partial charge in [0.1, 0.15) is 83.5 Å². The SMILES string of the molecule is CC1O[C@@H](Oc2c(-c3cc(O)c(O)c(O)c3)oc3cc(O[C@@H]4OC(CO)[C@@H](O)[C@H](O)C4O)cc(O)c3c2=O)[C@@H](O[C@@H]2OC(CO)[C@@H](O)[C@H](O)C2O)C(O)[C@H]1O. The summed E-state index contributed by atoms with van der Waals surface area (Å²) >= 11 is 0. The molecular weight excluding hydrogens is 748 g/mol. The first-order chi connectivity index (χ1) is 26.0. The van der Waals surface area contributed by atoms with Crippen LogP contribution >= 0.6 is 0 Å². The maximum absolute atomic E-state index is 14.2. The van der Waals surface area contributed by atoms with Crippen molar-refractivity contribution >= 4 is 11.0 Å². The summed E-state index contributed by atoms with van der Waals surface area (Å²) in [6, 6.07) is 3.55. The van der Waals surface area contributed by atoms with Gasteiger partial charge in [-0.1, -0.05) is 0 Å². The Morgan fingerprint density at radius 2 is 1.18 bits per heavy atom. The zero-order valence-corrected chi connectivity index (χ0v) is 28.4. The maximum atomic E-state index is 14.2. The molecule has 22 heteroatoms. The molecule has 0 radical (unpaired) electrons. The molecule has 0 amide bonds. The third kappa shape index (κ3) is 7.45. The van der Waals surface area contributed by atoms with Crippen molar-refractivity contribution in [3.63, 3.8) is 0 Å². The van der Waals surface area contributed by atoms with E-state index < -0.39 is 156 Å². The van der Waals surface area contributed by atoms with Crippen molar-refractivity contribution in [3.05, 3.63) is 34.5 Å². The normalized spacial score (nSPS) is 36.8. The van der Waals surface area contributed by atoms with Crippen LogP contribution < -0.4 is 14.9 Å². The van der Waals surface area contributed by atoms with E-state index in [0.29, 0.717) is 0 Å². The van der Waals surface area contributed by atoms with E-state index in [4.69, 9.17) is 32.8 Å². The number of ether oxygens (including phenoxy) is 6. The van der Waals surface area contributed by atoms with Crippen molar-refractivity contribution in [3.8, 4) is 45.8 Å². The Morgan fingerprint density at radius 3 is 1.76 bits per heavy atom. The van der Waals surface area contributed by atoms with Crippen molar-refractivity contribution in [1.82, 2.24) is 0 Å². The van der Waals surface area contributed by atoms with Gasteiger partial charge in [-0.3, -0.25) is 4.79 Å². The van der Waals surface area contributed by atoms with Crippen molar-refractivity contribution in [1.29, 1.82) is 0 Å². The molecule has 14 N–H and O–H groups in total. The molecule has 3 aliphatic rings. The quantitative estimate of drug-likeness (QED) is 0.0908. The van der Waals surface area contributed by atoms with E-state index in [1.165, 1.54) is 6.92 Å². The Balaban J connectivity index is 1.44. The van der Waals surface area contributed by atoms with Gasteiger partial charge in [-0.2, -0.15) is 0 Å². The Bertz CT molecular complexity index is 1880. The first-order valence-electron chi connectivity index (χ1n) is 16.7. The summed E-state index contributed by atoms with van der Waals surface area (Å²) < 4.78 is 39.5. The molecule has 304 valence electrons. The van der Waals surface area contributed by atoms with Crippen LogP contribution in [0.5, 0.6) is 34.5 Å². The molecule has 3 aromatic rings. The minimum absolute atomic E-state index is 0.350. The van der Waals surface area contributed by atoms with Gasteiger partial charge in [0.05, 0.1) is 19.3 Å². The molecule has 55 heavy (non-hydrogen) atoms. The summed E-state index contributed by atoms with van der Waals surface area (Å²) in [5, 5.41) is 144. The highest BCUT2D eigenvalue weighted by Crippen LogP contribution is 2.44. The standard InChI is InChI=1S/C33H40O22/c1-8-18(39)25(46)30(55-32-27(48)24(45)21(42)16(7-35)53-32)33(49-8)54-29-22(43)17-11(36)4-10(50-31-26(47)23(44)20(41)15(6-34)52-31)5-14(17)51-28(29)9-2-12(37)19(40)13(38)3-9/h2-5,8,15-16,18,20-21,23-27,30-42,44-48H,6-7H2,1H3/t8?,15?,16?,18-,20+,21+,23-,24-,25?,26?,27?,30-,31+,32-,33-/m0/s1. The van der Waals surface area contributed by atoms with E-state index in [0.717, 1.165) is 24.3 Å². The fourth-order valence-electron chi connectivity index (χ4n) is 6.35. The number of phenolic OH excluding ortho intramolecular Hbond substituents is 4. The second kappa shape index (κ2) is 15.8. The van der Waals surface area contributed by atoms with Gasteiger partial charge in [0.15, 0.2) is 35.4 Å². The van der Waals surface area contributed by atoms with Crippen LogP contribution in [0.1, 0.15) is 6.92 Å². The van der Waals surface area contributed by atoms with Gasteiger partial charge in [-0.25, -0.2) is 0 Å². The van der Waals surface area contributed by atoms with Crippen LogP contribution in [0.25, 0.3) is 22.3 Å². The summed E-state index contributed by atoms with van der Waals surface area (Å²) in [5.74, 6) is -5.48. The maximum Gasteiger partial charge on any atom is 0.239 e. The van der Waals surface area contributed by atoms with Gasteiger partial charge >= 0.3 is 0 Å². The number of hydrogen-bond acceptors (Lipinski definition) is 22. The van der Waals surface area contributed by atoms with Gasteiger partial charge in [0.25, 0.3) is 0 Å². The molecule has 0 bridgehead atoms. The van der Waals surface area contributed by atoms with E-state index in [9.17, 15) is 76.3 Å². The number of aliphatic hydroxyl groups is 10. The van der Waals surface area contributed by atoms with Crippen LogP contribution in [0.15, 0.2) is 33.5 Å². The van der Waals surface area contributed by atoms with Crippen molar-refractivity contribution in [2.24, 2.45) is 0 Å². The summed E-state index contributed by atoms with van der Waals surface area (Å²) in [7, 11) is 0. The summed E-state index contributed by atoms with van der Waals surface area (Å²) in [5.41, 5.74) is -2.03. The van der Waals surface area contributed by atoms with Crippen LogP contribution in [-0.4, -0.2) is 177 Å². The average molecular weight is 789 g/mol. The minimum Gasteiger partial charge on any atom is -0.507 e. The van der Waals surface area contributed by atoms with Crippen LogP contribution in [0, 0.1) is 0 Å². The van der Waals surface area contributed by atoms with Gasteiger partial charge in [-0.05, 0) is 19.1 Å². The lowest BCUT2D eigenvalue weighted by Crippen LogP contribution is -2.64. The molecule has 0 saturated carbocycles. The van der Waals surface area contributed by atoms with Gasteiger partial charge in [0, 0.05) is 17.7 Å². The first-order valence-corrected chi connectivity index (χ1v) is 16.7. The number of aliphatic hydroxyl groups excluding tert-OH is 10. The molecule has 15 atom stereocenters. The van der Waals surface area contributed by atoms with Gasteiger partial charge in [0.2, 0.25) is 23.8 Å². The van der Waals surface area contributed by atoms with Gasteiger partial charge < -0.3 is 104 Å². The average Bonchev–Trinajstić information content (AvgIpc) is 3.15. The highest BCUT2D eigenvalue weighted by atomic mass is 16.8. The van der Waals surface area contributed by atoms with Crippen LogP contribution in [0.2, 0.25) is 0 Å². The summed E-state index contributed by atoms with van der Waals surface area (Å²) in [4.78, 5) is 14.2. The third-order valence-corrected chi connectivity index (χ3v) is 9.50.